The van der Waals surface area contributed by atoms with Gasteiger partial charge in [-0.15, -0.1) is 23.1 Å². The highest BCUT2D eigenvalue weighted by atomic mass is 32.2. The SMILES string of the molecule is CC(=O)[C@H](CC1CCCC1)c1ccc(S(C)(=O)=O)cc1.COc1cc(OC)nc(CSc2cnc(CC(=O)[C@H](CC3CCCC3)c3ccc(S(C)(=O)=O)cc3)s2)n1. The van der Waals surface area contributed by atoms with Crippen LogP contribution in [0.1, 0.15) is 105 Å². The molecular formula is C42H53N3O8S4. The summed E-state index contributed by atoms with van der Waals surface area (Å²) in [6.45, 7) is 1.63. The van der Waals surface area contributed by atoms with Crippen LogP contribution in [0.3, 0.4) is 0 Å². The van der Waals surface area contributed by atoms with Crippen LogP contribution in [0.15, 0.2) is 74.8 Å². The molecular weight excluding hydrogens is 803 g/mol. The van der Waals surface area contributed by atoms with Crippen LogP contribution in [0.5, 0.6) is 11.8 Å². The molecule has 0 N–H and O–H groups in total. The van der Waals surface area contributed by atoms with E-state index in [2.05, 4.69) is 15.0 Å². The number of thiazole rings is 1. The standard InChI is InChI=1S/C26H31N3O5S3.C16H22O3S/c1-33-23-14-24(34-2)29-22(28-23)16-35-26-15-27-25(36-26)13-21(30)20(12-17-6-4-5-7-17)18-8-10-19(11-9-18)37(3,31)32;1-12(17)16(11-13-5-3-4-6-13)14-7-9-15(10-8-14)20(2,18)19/h8-11,14-15,17,20H,4-7,12-13,16H2,1-3H3;7-10,13,16H,3-6,11H2,1-2H3/t20-;16-/m10/s1. The smallest absolute Gasteiger partial charge is 0.220 e. The molecule has 2 aromatic carbocycles. The summed E-state index contributed by atoms with van der Waals surface area (Å²) in [6.07, 6.45) is 15.8. The highest BCUT2D eigenvalue weighted by molar-refractivity contribution is 8.00. The van der Waals surface area contributed by atoms with Crippen LogP contribution in [0.25, 0.3) is 0 Å². The molecule has 2 saturated carbocycles. The quantitative estimate of drug-likeness (QED) is 0.0934. The zero-order valence-electron chi connectivity index (χ0n) is 33.3. The molecule has 11 nitrogen and oxygen atoms in total. The minimum Gasteiger partial charge on any atom is -0.481 e. The van der Waals surface area contributed by atoms with Gasteiger partial charge in [-0.1, -0.05) is 75.6 Å². The topological polar surface area (TPSA) is 160 Å². The van der Waals surface area contributed by atoms with Crippen LogP contribution in [-0.2, 0) is 41.4 Å². The van der Waals surface area contributed by atoms with E-state index in [0.717, 1.165) is 46.0 Å². The minimum absolute atomic E-state index is 0.0910. The van der Waals surface area contributed by atoms with Crippen LogP contribution in [0.4, 0.5) is 0 Å². The minimum atomic E-state index is -3.29. The van der Waals surface area contributed by atoms with Crippen molar-refractivity contribution in [1.82, 2.24) is 15.0 Å². The molecule has 57 heavy (non-hydrogen) atoms. The normalized spacial score (nSPS) is 16.1. The maximum absolute atomic E-state index is 13.5. The molecule has 2 atom stereocenters. The van der Waals surface area contributed by atoms with Gasteiger partial charge < -0.3 is 9.47 Å². The van der Waals surface area contributed by atoms with Crippen molar-refractivity contribution in [3.63, 3.8) is 0 Å². The van der Waals surface area contributed by atoms with E-state index in [4.69, 9.17) is 9.47 Å². The van der Waals surface area contributed by atoms with Crippen molar-refractivity contribution in [2.24, 2.45) is 11.8 Å². The van der Waals surface area contributed by atoms with E-state index in [0.29, 0.717) is 40.1 Å². The van der Waals surface area contributed by atoms with Crippen LogP contribution in [0, 0.1) is 11.8 Å². The van der Waals surface area contributed by atoms with Gasteiger partial charge in [0.05, 0.1) is 52.7 Å². The van der Waals surface area contributed by atoms with E-state index >= 15 is 0 Å². The van der Waals surface area contributed by atoms with E-state index in [-0.39, 0.29) is 34.7 Å². The van der Waals surface area contributed by atoms with Crippen molar-refractivity contribution >= 4 is 54.3 Å². The molecule has 2 aliphatic carbocycles. The Morgan fingerprint density at radius 1 is 0.754 bits per heavy atom. The van der Waals surface area contributed by atoms with Crippen molar-refractivity contribution in [2.75, 3.05) is 26.7 Å². The van der Waals surface area contributed by atoms with Gasteiger partial charge in [-0.05, 0) is 67.0 Å². The number of ether oxygens (including phenoxy) is 2. The summed E-state index contributed by atoms with van der Waals surface area (Å²) in [5.74, 6) is 3.06. The van der Waals surface area contributed by atoms with Crippen LogP contribution in [0.2, 0.25) is 0 Å². The Kier molecular flexibility index (Phi) is 15.9. The highest BCUT2D eigenvalue weighted by Crippen LogP contribution is 2.37. The van der Waals surface area contributed by atoms with E-state index in [1.165, 1.54) is 62.4 Å². The van der Waals surface area contributed by atoms with Crippen LogP contribution in [-0.4, -0.2) is 70.1 Å². The predicted molar refractivity (Wildman–Crippen MR) is 224 cm³/mol. The first-order chi connectivity index (χ1) is 27.1. The fourth-order valence-corrected chi connectivity index (χ4v) is 10.8. The van der Waals surface area contributed by atoms with Crippen molar-refractivity contribution in [1.29, 1.82) is 0 Å². The van der Waals surface area contributed by atoms with Gasteiger partial charge in [0.25, 0.3) is 0 Å². The first-order valence-corrected chi connectivity index (χ1v) is 24.9. The largest absolute Gasteiger partial charge is 0.481 e. The fraction of sp³-hybridized carbons (Fsp3) is 0.500. The number of hydrogen-bond acceptors (Lipinski definition) is 13. The summed E-state index contributed by atoms with van der Waals surface area (Å²) in [5, 5.41) is 0.765. The van der Waals surface area contributed by atoms with Gasteiger partial charge in [0.1, 0.15) is 22.4 Å². The second-order valence-electron chi connectivity index (χ2n) is 15.0. The van der Waals surface area contributed by atoms with Crippen molar-refractivity contribution in [3.8, 4) is 11.8 Å². The van der Waals surface area contributed by atoms with Gasteiger partial charge in [-0.25, -0.2) is 21.8 Å². The van der Waals surface area contributed by atoms with Crippen LogP contribution >= 0.6 is 23.1 Å². The van der Waals surface area contributed by atoms with Crippen molar-refractivity contribution < 1.29 is 35.9 Å². The molecule has 0 radical (unpaired) electrons. The molecule has 2 aliphatic rings. The molecule has 0 saturated heterocycles. The van der Waals surface area contributed by atoms with Crippen molar-refractivity contribution in [2.45, 2.75) is 109 Å². The highest BCUT2D eigenvalue weighted by Gasteiger charge is 2.28. The summed E-state index contributed by atoms with van der Waals surface area (Å²) in [5.41, 5.74) is 1.82. The van der Waals surface area contributed by atoms with Crippen LogP contribution < -0.4 is 9.47 Å². The van der Waals surface area contributed by atoms with E-state index in [1.54, 1.807) is 93.7 Å². The lowest BCUT2D eigenvalue weighted by Crippen LogP contribution is -2.18. The number of ketones is 2. The maximum Gasteiger partial charge on any atom is 0.220 e. The molecule has 15 heteroatoms. The Balaban J connectivity index is 0.000000261. The number of sulfone groups is 2. The van der Waals surface area contributed by atoms with E-state index in [1.807, 2.05) is 0 Å². The lowest BCUT2D eigenvalue weighted by atomic mass is 9.84. The summed E-state index contributed by atoms with van der Waals surface area (Å²) < 4.78 is 58.1. The third-order valence-corrected chi connectivity index (χ3v) is 15.2. The van der Waals surface area contributed by atoms with E-state index < -0.39 is 19.7 Å². The maximum atomic E-state index is 13.5. The molecule has 308 valence electrons. The first-order valence-electron chi connectivity index (χ1n) is 19.3. The van der Waals surface area contributed by atoms with Gasteiger partial charge >= 0.3 is 0 Å². The number of thioether (sulfide) groups is 1. The molecule has 0 amide bonds. The number of benzene rings is 2. The van der Waals surface area contributed by atoms with Gasteiger partial charge in [-0.3, -0.25) is 9.59 Å². The van der Waals surface area contributed by atoms with Gasteiger partial charge in [0.15, 0.2) is 19.7 Å². The number of carbonyl (C=O) groups is 2. The number of nitrogens with zero attached hydrogens (tertiary/aromatic N) is 3. The molecule has 0 bridgehead atoms. The number of aromatic nitrogens is 3. The molecule has 0 aliphatic heterocycles. The monoisotopic (exact) mass is 855 g/mol. The molecule has 6 rings (SSSR count). The Morgan fingerprint density at radius 2 is 1.21 bits per heavy atom. The predicted octanol–water partition coefficient (Wildman–Crippen LogP) is 8.46. The molecule has 2 heterocycles. The zero-order valence-corrected chi connectivity index (χ0v) is 36.6. The zero-order chi connectivity index (χ0) is 41.2. The number of hydrogen-bond donors (Lipinski definition) is 0. The summed E-state index contributed by atoms with van der Waals surface area (Å²) in [7, 11) is -3.36. The molecule has 0 unspecified atom stereocenters. The van der Waals surface area contributed by atoms with Gasteiger partial charge in [-0.2, -0.15) is 9.97 Å². The number of Topliss-reactive ketones (excluding diaryl/α,β-unsaturated/α-hetero) is 2. The summed E-state index contributed by atoms with van der Waals surface area (Å²) in [6, 6.07) is 15.2. The first kappa shape index (κ1) is 44.4. The lowest BCUT2D eigenvalue weighted by molar-refractivity contribution is -0.120. The second-order valence-corrected chi connectivity index (χ2v) is 21.5. The average molecular weight is 856 g/mol. The second kappa shape index (κ2) is 20.3. The Labute approximate surface area is 345 Å². The third kappa shape index (κ3) is 13.2. The lowest BCUT2D eigenvalue weighted by Gasteiger charge is -2.20. The Bertz CT molecular complexity index is 2160. The molecule has 2 fully saturated rings. The van der Waals surface area contributed by atoms with Gasteiger partial charge in [0, 0.05) is 24.3 Å². The van der Waals surface area contributed by atoms with Crippen molar-refractivity contribution in [3.05, 3.63) is 82.8 Å². The summed E-state index contributed by atoms with van der Waals surface area (Å²) in [4.78, 5) is 39.2. The number of carbonyl (C=O) groups excluding carboxylic acids is 2. The van der Waals surface area contributed by atoms with E-state index in [9.17, 15) is 26.4 Å². The number of rotatable bonds is 17. The third-order valence-electron chi connectivity index (χ3n) is 10.7. The fourth-order valence-electron chi connectivity index (χ4n) is 7.62. The van der Waals surface area contributed by atoms with Gasteiger partial charge in [0.2, 0.25) is 11.8 Å². The molecule has 0 spiro atoms. The Morgan fingerprint density at radius 3 is 1.65 bits per heavy atom. The summed E-state index contributed by atoms with van der Waals surface area (Å²) >= 11 is 3.04. The average Bonchev–Trinajstić information content (AvgIpc) is 3.99. The molecule has 4 aromatic rings. The molecule has 2 aromatic heterocycles. The Hall–Kier alpha value is -3.66. The number of methoxy groups -OCH3 is 2.